The predicted octanol–water partition coefficient (Wildman–Crippen LogP) is 2.41. The van der Waals surface area contributed by atoms with Crippen molar-refractivity contribution in [2.75, 3.05) is 11.9 Å². The highest BCUT2D eigenvalue weighted by molar-refractivity contribution is 6.04. The second-order valence-corrected chi connectivity index (χ2v) is 3.74. The molecule has 0 fully saturated rings. The Morgan fingerprint density at radius 1 is 1.30 bits per heavy atom. The van der Waals surface area contributed by atoms with E-state index in [1.54, 1.807) is 12.1 Å². The van der Waals surface area contributed by atoms with E-state index in [1.165, 1.54) is 6.20 Å². The fraction of sp³-hybridized carbons (Fsp3) is 0.154. The lowest BCUT2D eigenvalue weighted by atomic mass is 10.2. The minimum absolute atomic E-state index is 0.343. The maximum absolute atomic E-state index is 13.4. The number of halogens is 2. The molecule has 0 radical (unpaired) electrons. The van der Waals surface area contributed by atoms with Gasteiger partial charge >= 0.3 is 0 Å². The fourth-order valence-electron chi connectivity index (χ4n) is 1.48. The Bertz CT molecular complexity index is 618. The Hall–Kier alpha value is -2.57. The van der Waals surface area contributed by atoms with Gasteiger partial charge in [-0.1, -0.05) is 0 Å². The van der Waals surface area contributed by atoms with Gasteiger partial charge in [-0.05, 0) is 19.1 Å². The summed E-state index contributed by atoms with van der Waals surface area (Å²) < 4.78 is 31.5. The number of ether oxygens (including phenoxy) is 1. The average Bonchev–Trinajstić information content (AvgIpc) is 2.44. The van der Waals surface area contributed by atoms with E-state index >= 15 is 0 Å². The molecule has 104 valence electrons. The summed E-state index contributed by atoms with van der Waals surface area (Å²) in [6.07, 6.45) is 2.38. The molecular formula is C13H11F2N3O2. The van der Waals surface area contributed by atoms with Crippen LogP contribution in [0, 0.1) is 11.8 Å². The van der Waals surface area contributed by atoms with Crippen LogP contribution in [0.15, 0.2) is 30.6 Å². The zero-order valence-electron chi connectivity index (χ0n) is 10.6. The van der Waals surface area contributed by atoms with E-state index < -0.39 is 23.2 Å². The van der Waals surface area contributed by atoms with Crippen LogP contribution in [-0.2, 0) is 0 Å². The largest absolute Gasteiger partial charge is 0.478 e. The van der Waals surface area contributed by atoms with Crippen molar-refractivity contribution in [1.82, 2.24) is 9.97 Å². The van der Waals surface area contributed by atoms with Gasteiger partial charge in [0.15, 0.2) is 5.82 Å². The van der Waals surface area contributed by atoms with Crippen molar-refractivity contribution in [3.8, 4) is 5.88 Å². The van der Waals surface area contributed by atoms with Crippen LogP contribution in [0.5, 0.6) is 5.88 Å². The minimum Gasteiger partial charge on any atom is -0.478 e. The van der Waals surface area contributed by atoms with Crippen LogP contribution in [0.4, 0.5) is 14.5 Å². The van der Waals surface area contributed by atoms with Crippen LogP contribution in [0.2, 0.25) is 0 Å². The Kier molecular flexibility index (Phi) is 4.19. The quantitative estimate of drug-likeness (QED) is 0.873. The van der Waals surface area contributed by atoms with E-state index in [4.69, 9.17) is 4.74 Å². The number of anilines is 1. The first-order valence-corrected chi connectivity index (χ1v) is 5.82. The zero-order chi connectivity index (χ0) is 14.5. The molecule has 7 heteroatoms. The number of nitrogens with one attached hydrogen (secondary N) is 1. The molecular weight excluding hydrogens is 268 g/mol. The van der Waals surface area contributed by atoms with Gasteiger partial charge in [0.1, 0.15) is 0 Å². The zero-order valence-corrected chi connectivity index (χ0v) is 10.6. The Morgan fingerprint density at radius 2 is 2.10 bits per heavy atom. The molecule has 2 aromatic rings. The molecule has 20 heavy (non-hydrogen) atoms. The van der Waals surface area contributed by atoms with Crippen LogP contribution < -0.4 is 10.1 Å². The highest BCUT2D eigenvalue weighted by Crippen LogP contribution is 2.14. The standard InChI is InChI=1S/C13H11F2N3O2/c1-2-20-10-4-3-8(7-17-10)18-13(19)9-5-6-16-12(15)11(9)14/h3-7H,2H2,1H3,(H,18,19). The van der Waals surface area contributed by atoms with E-state index in [9.17, 15) is 13.6 Å². The number of hydrogen-bond acceptors (Lipinski definition) is 4. The molecule has 0 spiro atoms. The first-order valence-electron chi connectivity index (χ1n) is 5.82. The summed E-state index contributed by atoms with van der Waals surface area (Å²) in [5.74, 6) is -2.98. The number of hydrogen-bond donors (Lipinski definition) is 1. The maximum Gasteiger partial charge on any atom is 0.258 e. The van der Waals surface area contributed by atoms with Crippen molar-refractivity contribution in [1.29, 1.82) is 0 Å². The molecule has 0 bridgehead atoms. The molecule has 5 nitrogen and oxygen atoms in total. The van der Waals surface area contributed by atoms with Gasteiger partial charge in [0.05, 0.1) is 24.1 Å². The number of carbonyl (C=O) groups excluding carboxylic acids is 1. The monoisotopic (exact) mass is 279 g/mol. The minimum atomic E-state index is -1.32. The summed E-state index contributed by atoms with van der Waals surface area (Å²) in [7, 11) is 0. The second kappa shape index (κ2) is 6.05. The molecule has 0 aliphatic rings. The maximum atomic E-state index is 13.4. The Labute approximate surface area is 113 Å². The summed E-state index contributed by atoms with van der Waals surface area (Å²) in [6.45, 7) is 2.29. The molecule has 0 unspecified atom stereocenters. The van der Waals surface area contributed by atoms with Crippen molar-refractivity contribution in [2.24, 2.45) is 0 Å². The molecule has 0 atom stereocenters. The van der Waals surface area contributed by atoms with Crippen molar-refractivity contribution in [3.63, 3.8) is 0 Å². The van der Waals surface area contributed by atoms with Gasteiger partial charge in [0.25, 0.3) is 5.91 Å². The predicted molar refractivity (Wildman–Crippen MR) is 67.5 cm³/mol. The SMILES string of the molecule is CCOc1ccc(NC(=O)c2ccnc(F)c2F)cn1. The molecule has 2 aromatic heterocycles. The lowest BCUT2D eigenvalue weighted by Gasteiger charge is -2.07. The summed E-state index contributed by atoms with van der Waals surface area (Å²) in [5.41, 5.74) is -0.0820. The number of rotatable bonds is 4. The van der Waals surface area contributed by atoms with Crippen molar-refractivity contribution in [3.05, 3.63) is 47.9 Å². The molecule has 0 aliphatic heterocycles. The second-order valence-electron chi connectivity index (χ2n) is 3.74. The fourth-order valence-corrected chi connectivity index (χ4v) is 1.48. The van der Waals surface area contributed by atoms with Crippen molar-refractivity contribution < 1.29 is 18.3 Å². The van der Waals surface area contributed by atoms with E-state index in [1.807, 2.05) is 6.92 Å². The van der Waals surface area contributed by atoms with Gasteiger partial charge in [-0.15, -0.1) is 0 Å². The topological polar surface area (TPSA) is 64.1 Å². The van der Waals surface area contributed by atoms with Crippen molar-refractivity contribution >= 4 is 11.6 Å². The van der Waals surface area contributed by atoms with Crippen LogP contribution in [-0.4, -0.2) is 22.5 Å². The number of aromatic nitrogens is 2. The average molecular weight is 279 g/mol. The summed E-state index contributed by atoms with van der Waals surface area (Å²) in [5, 5.41) is 2.40. The Balaban J connectivity index is 2.13. The van der Waals surface area contributed by atoms with Crippen molar-refractivity contribution in [2.45, 2.75) is 6.92 Å². The smallest absolute Gasteiger partial charge is 0.258 e. The molecule has 0 aromatic carbocycles. The Morgan fingerprint density at radius 3 is 2.75 bits per heavy atom. The molecule has 1 N–H and O–H groups in total. The summed E-state index contributed by atoms with van der Waals surface area (Å²) in [4.78, 5) is 18.8. The molecule has 0 saturated heterocycles. The number of carbonyl (C=O) groups is 1. The molecule has 0 aliphatic carbocycles. The highest BCUT2D eigenvalue weighted by atomic mass is 19.2. The first kappa shape index (κ1) is 13.9. The van der Waals surface area contributed by atoms with Gasteiger partial charge in [0, 0.05) is 12.3 Å². The molecule has 1 amide bonds. The van der Waals surface area contributed by atoms with Crippen LogP contribution in [0.1, 0.15) is 17.3 Å². The number of amides is 1. The van der Waals surface area contributed by atoms with E-state index in [0.29, 0.717) is 18.2 Å². The van der Waals surface area contributed by atoms with E-state index in [-0.39, 0.29) is 0 Å². The van der Waals surface area contributed by atoms with E-state index in [2.05, 4.69) is 15.3 Å². The van der Waals surface area contributed by atoms with Gasteiger partial charge in [-0.25, -0.2) is 14.4 Å². The third-order valence-electron chi connectivity index (χ3n) is 2.38. The van der Waals surface area contributed by atoms with Crippen LogP contribution in [0.25, 0.3) is 0 Å². The molecule has 0 saturated carbocycles. The van der Waals surface area contributed by atoms with Gasteiger partial charge < -0.3 is 10.1 Å². The highest BCUT2D eigenvalue weighted by Gasteiger charge is 2.16. The molecule has 2 rings (SSSR count). The van der Waals surface area contributed by atoms with Gasteiger partial charge in [-0.2, -0.15) is 4.39 Å². The summed E-state index contributed by atoms with van der Waals surface area (Å²) >= 11 is 0. The van der Waals surface area contributed by atoms with Gasteiger partial charge in [-0.3, -0.25) is 4.79 Å². The van der Waals surface area contributed by atoms with Gasteiger partial charge in [0.2, 0.25) is 11.8 Å². The lowest BCUT2D eigenvalue weighted by molar-refractivity contribution is 0.102. The number of pyridine rings is 2. The summed E-state index contributed by atoms with van der Waals surface area (Å²) in [6, 6.07) is 4.20. The third kappa shape index (κ3) is 3.05. The number of nitrogens with zero attached hydrogens (tertiary/aromatic N) is 2. The van der Waals surface area contributed by atoms with E-state index in [0.717, 1.165) is 12.3 Å². The van der Waals surface area contributed by atoms with Crippen LogP contribution in [0.3, 0.4) is 0 Å². The third-order valence-corrected chi connectivity index (χ3v) is 2.38. The first-order chi connectivity index (χ1) is 9.61. The molecule has 2 heterocycles. The normalized spacial score (nSPS) is 10.2. The lowest BCUT2D eigenvalue weighted by Crippen LogP contribution is -2.15. The van der Waals surface area contributed by atoms with Crippen LogP contribution >= 0.6 is 0 Å².